The van der Waals surface area contributed by atoms with Crippen LogP contribution in [0.4, 0.5) is 0 Å². The van der Waals surface area contributed by atoms with Crippen molar-refractivity contribution < 1.29 is 9.90 Å². The van der Waals surface area contributed by atoms with Gasteiger partial charge >= 0.3 is 5.97 Å². The van der Waals surface area contributed by atoms with Crippen LogP contribution in [-0.4, -0.2) is 25.6 Å². The summed E-state index contributed by atoms with van der Waals surface area (Å²) in [7, 11) is 1.85. The SMILES string of the molecule is Cn1ccnc1Sc1ncccc1C(=O)O. The Kier molecular flexibility index (Phi) is 2.91. The number of aryl methyl sites for hydroxylation is 1. The highest BCUT2D eigenvalue weighted by Crippen LogP contribution is 2.26. The first-order valence-corrected chi connectivity index (χ1v) is 5.33. The fraction of sp³-hybridized carbons (Fsp3) is 0.100. The Morgan fingerprint density at radius 3 is 2.88 bits per heavy atom. The molecule has 2 aromatic rings. The Labute approximate surface area is 96.2 Å². The number of carboxylic acids is 1. The van der Waals surface area contributed by atoms with Gasteiger partial charge in [-0.15, -0.1) is 0 Å². The number of hydrogen-bond acceptors (Lipinski definition) is 4. The molecule has 6 heteroatoms. The average molecular weight is 235 g/mol. The first-order chi connectivity index (χ1) is 7.68. The van der Waals surface area contributed by atoms with Gasteiger partial charge in [-0.1, -0.05) is 0 Å². The van der Waals surface area contributed by atoms with E-state index >= 15 is 0 Å². The molecule has 82 valence electrons. The molecule has 16 heavy (non-hydrogen) atoms. The second-order valence-electron chi connectivity index (χ2n) is 3.08. The van der Waals surface area contributed by atoms with Crippen LogP contribution < -0.4 is 0 Å². The second-order valence-corrected chi connectivity index (χ2v) is 4.04. The van der Waals surface area contributed by atoms with Crippen LogP contribution in [0.25, 0.3) is 0 Å². The summed E-state index contributed by atoms with van der Waals surface area (Å²) in [5.41, 5.74) is 0.190. The molecule has 0 spiro atoms. The van der Waals surface area contributed by atoms with Crippen molar-refractivity contribution in [3.63, 3.8) is 0 Å². The third-order valence-corrected chi connectivity index (χ3v) is 3.06. The van der Waals surface area contributed by atoms with Crippen LogP contribution in [0, 0.1) is 0 Å². The molecule has 0 atom stereocenters. The molecule has 0 amide bonds. The molecule has 0 aliphatic rings. The summed E-state index contributed by atoms with van der Waals surface area (Å²) in [6.45, 7) is 0. The Morgan fingerprint density at radius 2 is 2.25 bits per heavy atom. The summed E-state index contributed by atoms with van der Waals surface area (Å²) in [4.78, 5) is 19.1. The number of imidazole rings is 1. The van der Waals surface area contributed by atoms with Gasteiger partial charge in [0.2, 0.25) is 0 Å². The Bertz CT molecular complexity index is 524. The van der Waals surface area contributed by atoms with Crippen LogP contribution in [0.1, 0.15) is 10.4 Å². The number of carboxylic acid groups (broad SMARTS) is 1. The number of carbonyl (C=O) groups is 1. The highest BCUT2D eigenvalue weighted by Gasteiger charge is 2.13. The lowest BCUT2D eigenvalue weighted by Gasteiger charge is -2.03. The predicted octanol–water partition coefficient (Wildman–Crippen LogP) is 1.66. The third kappa shape index (κ3) is 2.06. The van der Waals surface area contributed by atoms with E-state index in [1.165, 1.54) is 17.8 Å². The summed E-state index contributed by atoms with van der Waals surface area (Å²) in [6.07, 6.45) is 5.02. The monoisotopic (exact) mass is 235 g/mol. The molecule has 0 radical (unpaired) electrons. The molecule has 0 fully saturated rings. The molecular weight excluding hydrogens is 226 g/mol. The van der Waals surface area contributed by atoms with Crippen LogP contribution in [-0.2, 0) is 7.05 Å². The van der Waals surface area contributed by atoms with Crippen LogP contribution >= 0.6 is 11.8 Å². The van der Waals surface area contributed by atoms with E-state index in [4.69, 9.17) is 5.11 Å². The second kappa shape index (κ2) is 4.36. The predicted molar refractivity (Wildman–Crippen MR) is 58.5 cm³/mol. The lowest BCUT2D eigenvalue weighted by Crippen LogP contribution is -2.01. The molecular formula is C10H9N3O2S. The van der Waals surface area contributed by atoms with E-state index in [1.807, 2.05) is 11.6 Å². The highest BCUT2D eigenvalue weighted by atomic mass is 32.2. The Hall–Kier alpha value is -1.82. The standard InChI is InChI=1S/C10H9N3O2S/c1-13-6-5-12-10(13)16-8-7(9(14)15)3-2-4-11-8/h2-6H,1H3,(H,14,15). The van der Waals surface area contributed by atoms with Gasteiger partial charge in [-0.25, -0.2) is 14.8 Å². The first-order valence-electron chi connectivity index (χ1n) is 4.52. The average Bonchev–Trinajstić information content (AvgIpc) is 2.65. The molecule has 0 unspecified atom stereocenters. The zero-order valence-electron chi connectivity index (χ0n) is 8.49. The van der Waals surface area contributed by atoms with Crippen LogP contribution in [0.2, 0.25) is 0 Å². The van der Waals surface area contributed by atoms with E-state index in [0.717, 1.165) is 0 Å². The molecule has 0 saturated heterocycles. The van der Waals surface area contributed by atoms with Crippen molar-refractivity contribution in [3.05, 3.63) is 36.3 Å². The van der Waals surface area contributed by atoms with Crippen molar-refractivity contribution in [1.82, 2.24) is 14.5 Å². The zero-order chi connectivity index (χ0) is 11.5. The Balaban J connectivity index is 2.35. The van der Waals surface area contributed by atoms with Gasteiger partial charge in [-0.05, 0) is 23.9 Å². The number of aromatic carboxylic acids is 1. The summed E-state index contributed by atoms with van der Waals surface area (Å²) < 4.78 is 1.81. The summed E-state index contributed by atoms with van der Waals surface area (Å²) in [5.74, 6) is -0.982. The minimum Gasteiger partial charge on any atom is -0.478 e. The largest absolute Gasteiger partial charge is 0.478 e. The number of rotatable bonds is 3. The number of hydrogen-bond donors (Lipinski definition) is 1. The molecule has 0 aliphatic heterocycles. The van der Waals surface area contributed by atoms with Gasteiger partial charge in [0.1, 0.15) is 5.03 Å². The van der Waals surface area contributed by atoms with Gasteiger partial charge in [-0.3, -0.25) is 0 Å². The lowest BCUT2D eigenvalue weighted by molar-refractivity contribution is 0.0692. The maximum atomic E-state index is 11.0. The van der Waals surface area contributed by atoms with Crippen molar-refractivity contribution in [2.75, 3.05) is 0 Å². The minimum absolute atomic E-state index is 0.190. The number of aromatic nitrogens is 3. The van der Waals surface area contributed by atoms with E-state index in [1.54, 1.807) is 24.7 Å². The van der Waals surface area contributed by atoms with E-state index in [-0.39, 0.29) is 5.56 Å². The van der Waals surface area contributed by atoms with Crippen LogP contribution in [0.15, 0.2) is 40.9 Å². The third-order valence-electron chi connectivity index (χ3n) is 1.97. The molecule has 2 aromatic heterocycles. The molecule has 1 N–H and O–H groups in total. The number of pyridine rings is 1. The van der Waals surface area contributed by atoms with E-state index in [2.05, 4.69) is 9.97 Å². The molecule has 2 rings (SSSR count). The maximum Gasteiger partial charge on any atom is 0.338 e. The number of nitrogens with zero attached hydrogens (tertiary/aromatic N) is 3. The first kappa shape index (κ1) is 10.7. The highest BCUT2D eigenvalue weighted by molar-refractivity contribution is 7.99. The fourth-order valence-electron chi connectivity index (χ4n) is 1.17. The molecule has 2 heterocycles. The van der Waals surface area contributed by atoms with Crippen molar-refractivity contribution in [1.29, 1.82) is 0 Å². The molecule has 0 bridgehead atoms. The summed E-state index contributed by atoms with van der Waals surface area (Å²) in [5, 5.41) is 10.1. The van der Waals surface area contributed by atoms with Crippen molar-refractivity contribution in [3.8, 4) is 0 Å². The zero-order valence-corrected chi connectivity index (χ0v) is 9.31. The fourth-order valence-corrected chi connectivity index (χ4v) is 2.04. The molecule has 0 saturated carbocycles. The van der Waals surface area contributed by atoms with Crippen LogP contribution in [0.5, 0.6) is 0 Å². The van der Waals surface area contributed by atoms with Gasteiger partial charge in [0.25, 0.3) is 0 Å². The molecule has 0 aromatic carbocycles. The van der Waals surface area contributed by atoms with Gasteiger partial charge < -0.3 is 9.67 Å². The molecule has 5 nitrogen and oxygen atoms in total. The topological polar surface area (TPSA) is 68.0 Å². The van der Waals surface area contributed by atoms with Gasteiger partial charge in [0.05, 0.1) is 5.56 Å². The summed E-state index contributed by atoms with van der Waals surface area (Å²) >= 11 is 1.24. The smallest absolute Gasteiger partial charge is 0.338 e. The Morgan fingerprint density at radius 1 is 1.44 bits per heavy atom. The van der Waals surface area contributed by atoms with Gasteiger partial charge in [0, 0.05) is 25.6 Å². The maximum absolute atomic E-state index is 11.0. The van der Waals surface area contributed by atoms with Crippen molar-refractivity contribution in [2.24, 2.45) is 7.05 Å². The van der Waals surface area contributed by atoms with E-state index < -0.39 is 5.97 Å². The normalized spacial score (nSPS) is 10.3. The lowest BCUT2D eigenvalue weighted by atomic mass is 10.3. The van der Waals surface area contributed by atoms with Crippen LogP contribution in [0.3, 0.4) is 0 Å². The minimum atomic E-state index is -0.982. The van der Waals surface area contributed by atoms with Gasteiger partial charge in [-0.2, -0.15) is 0 Å². The molecule has 0 aliphatic carbocycles. The van der Waals surface area contributed by atoms with E-state index in [0.29, 0.717) is 10.2 Å². The van der Waals surface area contributed by atoms with Crippen molar-refractivity contribution in [2.45, 2.75) is 10.2 Å². The van der Waals surface area contributed by atoms with E-state index in [9.17, 15) is 4.79 Å². The quantitative estimate of drug-likeness (QED) is 0.876. The van der Waals surface area contributed by atoms with Crippen molar-refractivity contribution >= 4 is 17.7 Å². The van der Waals surface area contributed by atoms with Gasteiger partial charge in [0.15, 0.2) is 5.16 Å². The summed E-state index contributed by atoms with van der Waals surface area (Å²) in [6, 6.07) is 3.13.